The normalized spacial score (nSPS) is 10.5. The molecule has 0 N–H and O–H groups in total. The molecule has 2 aromatic carbocycles. The maximum atomic E-state index is 11.9. The molecule has 0 atom stereocenters. The van der Waals surface area contributed by atoms with Gasteiger partial charge >= 0.3 is 0 Å². The van der Waals surface area contributed by atoms with Crippen molar-refractivity contribution in [3.63, 3.8) is 0 Å². The fraction of sp³-hybridized carbons (Fsp3) is 0.278. The van der Waals surface area contributed by atoms with Gasteiger partial charge in [0.1, 0.15) is 0 Å². The zero-order valence-corrected chi connectivity index (χ0v) is 12.9. The van der Waals surface area contributed by atoms with Gasteiger partial charge in [-0.15, -0.1) is 11.8 Å². The molecule has 0 unspecified atom stereocenters. The van der Waals surface area contributed by atoms with Crippen molar-refractivity contribution in [1.29, 1.82) is 0 Å². The van der Waals surface area contributed by atoms with Crippen molar-refractivity contribution >= 4 is 17.5 Å². The Kier molecular flexibility index (Phi) is 5.42. The van der Waals surface area contributed by atoms with E-state index in [1.807, 2.05) is 42.1 Å². The summed E-state index contributed by atoms with van der Waals surface area (Å²) < 4.78 is 0. The van der Waals surface area contributed by atoms with E-state index in [0.717, 1.165) is 17.7 Å². The minimum absolute atomic E-state index is 0.242. The Hall–Kier alpha value is -1.54. The Labute approximate surface area is 125 Å². The molecule has 0 bridgehead atoms. The first kappa shape index (κ1) is 14.9. The number of hydrogen-bond donors (Lipinski definition) is 0. The molecule has 2 rings (SSSR count). The number of benzene rings is 2. The highest BCUT2D eigenvalue weighted by Crippen LogP contribution is 2.22. The Morgan fingerprint density at radius 3 is 2.45 bits per heavy atom. The van der Waals surface area contributed by atoms with Crippen LogP contribution in [0.3, 0.4) is 0 Å². The van der Waals surface area contributed by atoms with Gasteiger partial charge in [0.25, 0.3) is 0 Å². The number of thioether (sulfide) groups is 1. The Morgan fingerprint density at radius 2 is 1.75 bits per heavy atom. The summed E-state index contributed by atoms with van der Waals surface area (Å²) in [6, 6.07) is 16.1. The standard InChI is InChI=1S/C18H20OS/c1-14-10-11-17(13-15(14)2)20-12-6-9-18(19)16-7-4-3-5-8-16/h3-5,7-8,10-11,13H,6,9,12H2,1-2H3. The number of carbonyl (C=O) groups is 1. The Bertz CT molecular complexity index is 575. The molecule has 104 valence electrons. The molecule has 0 saturated carbocycles. The van der Waals surface area contributed by atoms with Crippen LogP contribution in [0.1, 0.15) is 34.3 Å². The van der Waals surface area contributed by atoms with E-state index in [9.17, 15) is 4.79 Å². The lowest BCUT2D eigenvalue weighted by Gasteiger charge is -2.05. The van der Waals surface area contributed by atoms with Gasteiger partial charge in [0, 0.05) is 16.9 Å². The number of rotatable bonds is 6. The molecule has 0 aliphatic carbocycles. The summed E-state index contributed by atoms with van der Waals surface area (Å²) in [7, 11) is 0. The molecule has 0 amide bonds. The summed E-state index contributed by atoms with van der Waals surface area (Å²) in [6.45, 7) is 4.26. The summed E-state index contributed by atoms with van der Waals surface area (Å²) in [5.41, 5.74) is 3.48. The minimum atomic E-state index is 0.242. The molecule has 0 saturated heterocycles. The topological polar surface area (TPSA) is 17.1 Å². The van der Waals surface area contributed by atoms with E-state index in [1.54, 1.807) is 0 Å². The number of carbonyl (C=O) groups excluding carboxylic acids is 1. The minimum Gasteiger partial charge on any atom is -0.294 e. The molecule has 0 spiro atoms. The first-order valence-electron chi connectivity index (χ1n) is 6.95. The summed E-state index contributed by atoms with van der Waals surface area (Å²) in [4.78, 5) is 13.2. The number of aryl methyl sites for hydroxylation is 2. The maximum absolute atomic E-state index is 11.9. The highest BCUT2D eigenvalue weighted by atomic mass is 32.2. The van der Waals surface area contributed by atoms with E-state index in [4.69, 9.17) is 0 Å². The van der Waals surface area contributed by atoms with Gasteiger partial charge in [-0.2, -0.15) is 0 Å². The highest BCUT2D eigenvalue weighted by Gasteiger charge is 2.04. The van der Waals surface area contributed by atoms with Crippen LogP contribution in [-0.4, -0.2) is 11.5 Å². The van der Waals surface area contributed by atoms with Crippen molar-refractivity contribution in [3.05, 3.63) is 65.2 Å². The average molecular weight is 284 g/mol. The summed E-state index contributed by atoms with van der Waals surface area (Å²) in [5, 5.41) is 0. The van der Waals surface area contributed by atoms with E-state index >= 15 is 0 Å². The van der Waals surface area contributed by atoms with Crippen LogP contribution in [0.2, 0.25) is 0 Å². The van der Waals surface area contributed by atoms with Crippen molar-refractivity contribution in [2.24, 2.45) is 0 Å². The van der Waals surface area contributed by atoms with Crippen LogP contribution in [-0.2, 0) is 0 Å². The molecule has 0 aliphatic rings. The molecule has 0 fully saturated rings. The van der Waals surface area contributed by atoms with Crippen LogP contribution in [0.5, 0.6) is 0 Å². The first-order valence-corrected chi connectivity index (χ1v) is 7.93. The monoisotopic (exact) mass is 284 g/mol. The molecular formula is C18H20OS. The second kappa shape index (κ2) is 7.30. The zero-order chi connectivity index (χ0) is 14.4. The summed E-state index contributed by atoms with van der Waals surface area (Å²) in [6.07, 6.45) is 1.55. The fourth-order valence-corrected chi connectivity index (χ4v) is 2.94. The lowest BCUT2D eigenvalue weighted by atomic mass is 10.1. The van der Waals surface area contributed by atoms with Gasteiger partial charge in [-0.05, 0) is 49.3 Å². The van der Waals surface area contributed by atoms with Gasteiger partial charge in [-0.3, -0.25) is 4.79 Å². The van der Waals surface area contributed by atoms with Gasteiger partial charge in [-0.1, -0.05) is 36.4 Å². The zero-order valence-electron chi connectivity index (χ0n) is 12.1. The van der Waals surface area contributed by atoms with Gasteiger partial charge in [0.2, 0.25) is 0 Å². The molecule has 1 nitrogen and oxygen atoms in total. The number of hydrogen-bond acceptors (Lipinski definition) is 2. The molecule has 0 heterocycles. The predicted octanol–water partition coefficient (Wildman–Crippen LogP) is 5.06. The van der Waals surface area contributed by atoms with Crippen molar-refractivity contribution in [2.75, 3.05) is 5.75 Å². The lowest BCUT2D eigenvalue weighted by molar-refractivity contribution is 0.0982. The highest BCUT2D eigenvalue weighted by molar-refractivity contribution is 7.99. The van der Waals surface area contributed by atoms with Crippen molar-refractivity contribution in [3.8, 4) is 0 Å². The van der Waals surface area contributed by atoms with E-state index < -0.39 is 0 Å². The van der Waals surface area contributed by atoms with Crippen LogP contribution < -0.4 is 0 Å². The van der Waals surface area contributed by atoms with Crippen molar-refractivity contribution in [2.45, 2.75) is 31.6 Å². The maximum Gasteiger partial charge on any atom is 0.162 e. The first-order chi connectivity index (χ1) is 9.66. The lowest BCUT2D eigenvalue weighted by Crippen LogP contribution is -1.99. The molecular weight excluding hydrogens is 264 g/mol. The van der Waals surface area contributed by atoms with Gasteiger partial charge < -0.3 is 0 Å². The second-order valence-corrected chi connectivity index (χ2v) is 6.16. The molecule has 2 heteroatoms. The van der Waals surface area contributed by atoms with Crippen LogP contribution >= 0.6 is 11.8 Å². The van der Waals surface area contributed by atoms with Crippen LogP contribution in [0.15, 0.2) is 53.4 Å². The van der Waals surface area contributed by atoms with Crippen molar-refractivity contribution < 1.29 is 4.79 Å². The summed E-state index contributed by atoms with van der Waals surface area (Å²) >= 11 is 1.83. The van der Waals surface area contributed by atoms with Gasteiger partial charge in [0.15, 0.2) is 5.78 Å². The van der Waals surface area contributed by atoms with Crippen LogP contribution in [0.25, 0.3) is 0 Å². The third-order valence-electron chi connectivity index (χ3n) is 3.39. The van der Waals surface area contributed by atoms with Crippen molar-refractivity contribution in [1.82, 2.24) is 0 Å². The molecule has 0 aromatic heterocycles. The number of ketones is 1. The molecule has 20 heavy (non-hydrogen) atoms. The Balaban J connectivity index is 1.76. The SMILES string of the molecule is Cc1ccc(SCCCC(=O)c2ccccc2)cc1C. The average Bonchev–Trinajstić information content (AvgIpc) is 2.48. The largest absolute Gasteiger partial charge is 0.294 e. The third kappa shape index (κ3) is 4.24. The summed E-state index contributed by atoms with van der Waals surface area (Å²) in [5.74, 6) is 1.23. The quantitative estimate of drug-likeness (QED) is 0.419. The molecule has 0 radical (unpaired) electrons. The predicted molar refractivity (Wildman–Crippen MR) is 86.6 cm³/mol. The molecule has 0 aliphatic heterocycles. The van der Waals surface area contributed by atoms with E-state index in [0.29, 0.717) is 6.42 Å². The third-order valence-corrected chi connectivity index (χ3v) is 4.47. The van der Waals surface area contributed by atoms with E-state index in [1.165, 1.54) is 16.0 Å². The van der Waals surface area contributed by atoms with Gasteiger partial charge in [-0.25, -0.2) is 0 Å². The van der Waals surface area contributed by atoms with E-state index in [2.05, 4.69) is 32.0 Å². The van der Waals surface area contributed by atoms with Crippen LogP contribution in [0.4, 0.5) is 0 Å². The van der Waals surface area contributed by atoms with Gasteiger partial charge in [0.05, 0.1) is 0 Å². The fourth-order valence-electron chi connectivity index (χ4n) is 1.99. The Morgan fingerprint density at radius 1 is 1.00 bits per heavy atom. The number of Topliss-reactive ketones (excluding diaryl/α,β-unsaturated/α-hetero) is 1. The smallest absolute Gasteiger partial charge is 0.162 e. The van der Waals surface area contributed by atoms with Crippen LogP contribution in [0, 0.1) is 13.8 Å². The molecule has 2 aromatic rings. The second-order valence-electron chi connectivity index (χ2n) is 4.99. The van der Waals surface area contributed by atoms with E-state index in [-0.39, 0.29) is 5.78 Å².